The molecule has 3 aromatic heterocycles. The van der Waals surface area contributed by atoms with Crippen LogP contribution in [0.15, 0.2) is 59.3 Å². The van der Waals surface area contributed by atoms with Crippen molar-refractivity contribution in [1.82, 2.24) is 29.8 Å². The summed E-state index contributed by atoms with van der Waals surface area (Å²) in [6, 6.07) is 13.3. The van der Waals surface area contributed by atoms with Gasteiger partial charge in [-0.05, 0) is 86.9 Å². The van der Waals surface area contributed by atoms with Crippen LogP contribution < -0.4 is 5.32 Å². The highest BCUT2D eigenvalue weighted by molar-refractivity contribution is 5.98. The fourth-order valence-electron chi connectivity index (χ4n) is 7.70. The smallest absolute Gasteiger partial charge is 0.223 e. The van der Waals surface area contributed by atoms with E-state index in [0.717, 1.165) is 92.0 Å². The number of benzene rings is 1. The van der Waals surface area contributed by atoms with Crippen molar-refractivity contribution in [2.75, 3.05) is 26.2 Å². The van der Waals surface area contributed by atoms with Gasteiger partial charge in [-0.2, -0.15) is 9.61 Å². The van der Waals surface area contributed by atoms with Crippen LogP contribution in [-0.4, -0.2) is 62.7 Å². The van der Waals surface area contributed by atoms with E-state index in [2.05, 4.69) is 45.5 Å². The van der Waals surface area contributed by atoms with Crippen molar-refractivity contribution in [1.29, 1.82) is 0 Å². The van der Waals surface area contributed by atoms with Gasteiger partial charge in [0.25, 0.3) is 0 Å². The Bertz CT molecular complexity index is 1850. The molecule has 5 heterocycles. The number of hydrogen-bond donors (Lipinski definition) is 1. The first-order chi connectivity index (χ1) is 21.1. The number of aromatic nitrogens is 4. The van der Waals surface area contributed by atoms with Crippen LogP contribution in [0.1, 0.15) is 55.3 Å². The van der Waals surface area contributed by atoms with E-state index in [0.29, 0.717) is 12.5 Å². The number of hydrogen-bond acceptors (Lipinski definition) is 6. The largest absolute Gasteiger partial charge is 0.376 e. The number of rotatable bonds is 7. The van der Waals surface area contributed by atoms with Gasteiger partial charge >= 0.3 is 0 Å². The number of piperidine rings is 1. The van der Waals surface area contributed by atoms with Gasteiger partial charge in [0.15, 0.2) is 11.3 Å². The number of aryl methyl sites for hydroxylation is 1. The van der Waals surface area contributed by atoms with Crippen molar-refractivity contribution in [2.24, 2.45) is 11.8 Å². The number of pyridine rings is 1. The van der Waals surface area contributed by atoms with E-state index >= 15 is 0 Å². The summed E-state index contributed by atoms with van der Waals surface area (Å²) >= 11 is 0. The molecule has 3 aliphatic carbocycles. The monoisotopic (exact) mass is 572 g/mol. The molecular formula is C35H36N6O2. The molecular weight excluding hydrogens is 536 g/mol. The molecule has 3 fully saturated rings. The molecule has 1 saturated carbocycles. The third-order valence-electron chi connectivity index (χ3n) is 10.2. The van der Waals surface area contributed by atoms with Crippen LogP contribution in [0, 0.1) is 18.8 Å². The molecule has 8 heteroatoms. The van der Waals surface area contributed by atoms with Crippen LogP contribution in [0.4, 0.5) is 0 Å². The van der Waals surface area contributed by atoms with E-state index in [1.54, 1.807) is 16.7 Å². The lowest BCUT2D eigenvalue weighted by molar-refractivity contribution is -0.127. The molecule has 5 aliphatic rings. The topological polar surface area (TPSA) is 84.7 Å². The zero-order valence-corrected chi connectivity index (χ0v) is 24.6. The van der Waals surface area contributed by atoms with Gasteiger partial charge < -0.3 is 10.1 Å². The second-order valence-electron chi connectivity index (χ2n) is 13.0. The number of carbonyl (C=O) groups is 1. The molecule has 1 amide bonds. The molecule has 0 spiro atoms. The predicted octanol–water partition coefficient (Wildman–Crippen LogP) is 5.25. The summed E-state index contributed by atoms with van der Waals surface area (Å²) in [5.41, 5.74) is 13.7. The molecule has 218 valence electrons. The molecule has 8 nitrogen and oxygen atoms in total. The summed E-state index contributed by atoms with van der Waals surface area (Å²) in [5.74, 6) is 0.999. The van der Waals surface area contributed by atoms with Gasteiger partial charge in [-0.3, -0.25) is 9.69 Å². The van der Waals surface area contributed by atoms with Crippen LogP contribution in [0.25, 0.3) is 33.5 Å². The molecule has 43 heavy (non-hydrogen) atoms. The van der Waals surface area contributed by atoms with Gasteiger partial charge in [0.1, 0.15) is 0 Å². The normalized spacial score (nSPS) is 23.4. The molecule has 9 rings (SSSR count). The second kappa shape index (κ2) is 9.82. The Morgan fingerprint density at radius 2 is 1.91 bits per heavy atom. The van der Waals surface area contributed by atoms with Gasteiger partial charge in [-0.15, -0.1) is 0 Å². The first-order valence-electron chi connectivity index (χ1n) is 15.9. The zero-order chi connectivity index (χ0) is 28.7. The van der Waals surface area contributed by atoms with Crippen molar-refractivity contribution < 1.29 is 9.53 Å². The van der Waals surface area contributed by atoms with Crippen LogP contribution in [-0.2, 0) is 16.1 Å². The van der Waals surface area contributed by atoms with Crippen LogP contribution in [0.5, 0.6) is 0 Å². The lowest BCUT2D eigenvalue weighted by Crippen LogP contribution is -2.42. The van der Waals surface area contributed by atoms with Crippen molar-refractivity contribution in [3.8, 4) is 11.3 Å². The fourth-order valence-corrected chi connectivity index (χ4v) is 7.70. The molecule has 2 saturated heterocycles. The number of likely N-dealkylation sites (tertiary alicyclic amines) is 1. The molecule has 0 bridgehead atoms. The number of amides is 1. The quantitative estimate of drug-likeness (QED) is 0.326. The maximum absolute atomic E-state index is 12.7. The Hall–Kier alpha value is -3.88. The number of carbonyl (C=O) groups excluding carboxylic acids is 1. The number of nitrogens with one attached hydrogen (secondary N) is 1. The van der Waals surface area contributed by atoms with Crippen LogP contribution >= 0.6 is 0 Å². The lowest BCUT2D eigenvalue weighted by atomic mass is 9.87. The first-order valence-corrected chi connectivity index (χ1v) is 15.9. The second-order valence-corrected chi connectivity index (χ2v) is 13.0. The first kappa shape index (κ1) is 25.6. The maximum atomic E-state index is 12.7. The molecule has 2 atom stereocenters. The van der Waals surface area contributed by atoms with Crippen LogP contribution in [0.3, 0.4) is 0 Å². The standard InChI is InChI=1S/C35H36N6O2/c1-20-15-29-36-17-24-16-28(26-8-9-27-31-30(26)32(27)31)33(38-34(24)41(29)39-20)22-6-4-21(5-7-22)19-40-12-10-23(11-13-40)35(42)37-18-25-3-2-14-43-25/h4-7,15-17,23,25,31H,2-3,8-14,18-19H2,1H3,(H,37,42). The predicted molar refractivity (Wildman–Crippen MR) is 165 cm³/mol. The van der Waals surface area contributed by atoms with E-state index in [4.69, 9.17) is 14.8 Å². The Morgan fingerprint density at radius 3 is 2.67 bits per heavy atom. The lowest BCUT2D eigenvalue weighted by Gasteiger charge is -2.31. The number of allylic oxidation sites excluding steroid dienone is 4. The Kier molecular flexibility index (Phi) is 5.85. The van der Waals surface area contributed by atoms with Gasteiger partial charge in [-0.25, -0.2) is 9.97 Å². The minimum Gasteiger partial charge on any atom is -0.376 e. The average Bonchev–Trinajstić information content (AvgIpc) is 3.83. The number of nitrogens with zero attached hydrogens (tertiary/aromatic N) is 5. The summed E-state index contributed by atoms with van der Waals surface area (Å²) in [6.07, 6.45) is 8.41. The Labute approximate surface area is 250 Å². The van der Waals surface area contributed by atoms with Crippen molar-refractivity contribution >= 4 is 28.2 Å². The summed E-state index contributed by atoms with van der Waals surface area (Å²) in [7, 11) is 0. The minimum atomic E-state index is 0.108. The summed E-state index contributed by atoms with van der Waals surface area (Å²) in [4.78, 5) is 25.1. The third-order valence-corrected chi connectivity index (χ3v) is 10.2. The summed E-state index contributed by atoms with van der Waals surface area (Å²) in [5, 5.41) is 8.86. The zero-order valence-electron chi connectivity index (χ0n) is 24.6. The highest BCUT2D eigenvalue weighted by Gasteiger charge is 2.60. The average molecular weight is 573 g/mol. The van der Waals surface area contributed by atoms with E-state index in [1.807, 2.05) is 23.7 Å². The van der Waals surface area contributed by atoms with Crippen molar-refractivity contribution in [3.63, 3.8) is 0 Å². The SMILES string of the molecule is Cc1cc2ncc3cc(C4=C5C6=C(CC4)C56)c(-c4ccc(CN5CCC(C(=O)NCC6CCCO6)CC5)cc4)nc3n2n1. The van der Waals surface area contributed by atoms with Gasteiger partial charge in [0.2, 0.25) is 5.91 Å². The van der Waals surface area contributed by atoms with E-state index in [9.17, 15) is 4.79 Å². The van der Waals surface area contributed by atoms with Crippen LogP contribution in [0.2, 0.25) is 0 Å². The highest BCUT2D eigenvalue weighted by atomic mass is 16.5. The number of fused-ring (bicyclic) bond motifs is 5. The van der Waals surface area contributed by atoms with Gasteiger partial charge in [0.05, 0.1) is 17.5 Å². The number of ether oxygens (including phenoxy) is 1. The van der Waals surface area contributed by atoms with E-state index < -0.39 is 0 Å². The van der Waals surface area contributed by atoms with E-state index in [1.165, 1.54) is 23.1 Å². The molecule has 0 radical (unpaired) electrons. The van der Waals surface area contributed by atoms with Gasteiger partial charge in [0, 0.05) is 60.3 Å². The molecule has 4 aromatic rings. The van der Waals surface area contributed by atoms with Gasteiger partial charge in [-0.1, -0.05) is 29.8 Å². The molecule has 1 aromatic carbocycles. The minimum absolute atomic E-state index is 0.108. The molecule has 2 unspecified atom stereocenters. The van der Waals surface area contributed by atoms with Crippen molar-refractivity contribution in [3.05, 3.63) is 76.1 Å². The summed E-state index contributed by atoms with van der Waals surface area (Å²) < 4.78 is 7.54. The van der Waals surface area contributed by atoms with E-state index in [-0.39, 0.29) is 17.9 Å². The third kappa shape index (κ3) is 4.42. The molecule has 1 N–H and O–H groups in total. The van der Waals surface area contributed by atoms with Crippen molar-refractivity contribution in [2.45, 2.75) is 58.1 Å². The maximum Gasteiger partial charge on any atom is 0.223 e. The molecule has 2 aliphatic heterocycles. The Balaban J connectivity index is 0.941. The summed E-state index contributed by atoms with van der Waals surface area (Å²) in [6.45, 7) is 6.26. The highest BCUT2D eigenvalue weighted by Crippen LogP contribution is 2.74. The fraction of sp³-hybridized carbons (Fsp3) is 0.429. The Morgan fingerprint density at radius 1 is 1.07 bits per heavy atom.